The van der Waals surface area contributed by atoms with Crippen LogP contribution in [0.15, 0.2) is 18.2 Å². The lowest BCUT2D eigenvalue weighted by atomic mass is 10.2. The van der Waals surface area contributed by atoms with Gasteiger partial charge < -0.3 is 11.1 Å². The molecule has 0 aliphatic heterocycles. The molecule has 0 saturated heterocycles. The monoisotopic (exact) mass is 269 g/mol. The van der Waals surface area contributed by atoms with Crippen LogP contribution in [0.1, 0.15) is 20.8 Å². The highest BCUT2D eigenvalue weighted by Gasteiger charge is 2.13. The van der Waals surface area contributed by atoms with Crippen LogP contribution in [-0.2, 0) is 4.79 Å². The molecule has 18 heavy (non-hydrogen) atoms. The van der Waals surface area contributed by atoms with Crippen molar-refractivity contribution in [2.24, 2.45) is 0 Å². The first-order valence-electron chi connectivity index (χ1n) is 6.03. The van der Waals surface area contributed by atoms with Gasteiger partial charge in [0, 0.05) is 11.7 Å². The van der Waals surface area contributed by atoms with Crippen LogP contribution in [0.2, 0.25) is 5.02 Å². The Kier molecular flexibility index (Phi) is 5.44. The number of carbonyl (C=O) groups is 1. The minimum Gasteiger partial charge on any atom is -0.399 e. The van der Waals surface area contributed by atoms with E-state index in [-0.39, 0.29) is 5.91 Å². The first-order valence-corrected chi connectivity index (χ1v) is 6.40. The fourth-order valence-corrected chi connectivity index (χ4v) is 1.90. The Labute approximate surface area is 113 Å². The zero-order chi connectivity index (χ0) is 13.7. The predicted octanol–water partition coefficient (Wildman–Crippen LogP) is 2.59. The minimum atomic E-state index is -0.0720. The summed E-state index contributed by atoms with van der Waals surface area (Å²) >= 11 is 6.00. The van der Waals surface area contributed by atoms with Crippen molar-refractivity contribution in [3.8, 4) is 0 Å². The van der Waals surface area contributed by atoms with Crippen LogP contribution in [0, 0.1) is 0 Å². The van der Waals surface area contributed by atoms with E-state index in [4.69, 9.17) is 17.3 Å². The van der Waals surface area contributed by atoms with Gasteiger partial charge in [0.15, 0.2) is 0 Å². The number of rotatable bonds is 5. The highest BCUT2D eigenvalue weighted by atomic mass is 35.5. The molecule has 0 spiro atoms. The van der Waals surface area contributed by atoms with Gasteiger partial charge in [0.25, 0.3) is 0 Å². The van der Waals surface area contributed by atoms with E-state index >= 15 is 0 Å². The van der Waals surface area contributed by atoms with Crippen LogP contribution in [0.5, 0.6) is 0 Å². The maximum Gasteiger partial charge on any atom is 0.238 e. The standard InChI is InChI=1S/C13H20ClN3O/c1-4-17(9(2)3)8-13(18)16-12-6-5-10(15)7-11(12)14/h5-7,9H,4,8,15H2,1-3H3,(H,16,18). The Morgan fingerprint density at radius 3 is 2.67 bits per heavy atom. The molecular weight excluding hydrogens is 250 g/mol. The summed E-state index contributed by atoms with van der Waals surface area (Å²) in [6.07, 6.45) is 0. The molecule has 0 aromatic heterocycles. The quantitative estimate of drug-likeness (QED) is 0.808. The molecule has 0 atom stereocenters. The number of nitrogens with zero attached hydrogens (tertiary/aromatic N) is 1. The molecule has 0 saturated carbocycles. The van der Waals surface area contributed by atoms with Crippen molar-refractivity contribution < 1.29 is 4.79 Å². The van der Waals surface area contributed by atoms with Crippen molar-refractivity contribution >= 4 is 28.9 Å². The van der Waals surface area contributed by atoms with Crippen molar-refractivity contribution in [3.63, 3.8) is 0 Å². The number of carbonyl (C=O) groups excluding carboxylic acids is 1. The molecule has 1 rings (SSSR count). The topological polar surface area (TPSA) is 58.4 Å². The SMILES string of the molecule is CCN(CC(=O)Nc1ccc(N)cc1Cl)C(C)C. The molecule has 0 aliphatic carbocycles. The molecule has 0 aliphatic rings. The Balaban J connectivity index is 2.64. The van der Waals surface area contributed by atoms with Crippen molar-refractivity contribution in [1.82, 2.24) is 4.90 Å². The second kappa shape index (κ2) is 6.61. The molecule has 0 bridgehead atoms. The lowest BCUT2D eigenvalue weighted by molar-refractivity contribution is -0.117. The largest absolute Gasteiger partial charge is 0.399 e. The Hall–Kier alpha value is -1.26. The lowest BCUT2D eigenvalue weighted by Gasteiger charge is -2.23. The number of nitrogens with one attached hydrogen (secondary N) is 1. The van der Waals surface area contributed by atoms with E-state index in [0.29, 0.717) is 29.0 Å². The number of hydrogen-bond donors (Lipinski definition) is 2. The fourth-order valence-electron chi connectivity index (χ4n) is 1.67. The molecule has 0 unspecified atom stereocenters. The van der Waals surface area contributed by atoms with Gasteiger partial charge in [-0.25, -0.2) is 0 Å². The number of benzene rings is 1. The number of nitrogens with two attached hydrogens (primary N) is 1. The van der Waals surface area contributed by atoms with Gasteiger partial charge in [-0.2, -0.15) is 0 Å². The summed E-state index contributed by atoms with van der Waals surface area (Å²) in [6.45, 7) is 7.35. The van der Waals surface area contributed by atoms with Gasteiger partial charge in [-0.1, -0.05) is 18.5 Å². The van der Waals surface area contributed by atoms with E-state index in [1.807, 2.05) is 6.92 Å². The van der Waals surface area contributed by atoms with Crippen LogP contribution in [-0.4, -0.2) is 29.9 Å². The molecule has 1 amide bonds. The molecule has 1 aromatic rings. The van der Waals surface area contributed by atoms with E-state index in [9.17, 15) is 4.79 Å². The highest BCUT2D eigenvalue weighted by molar-refractivity contribution is 6.34. The fraction of sp³-hybridized carbons (Fsp3) is 0.462. The van der Waals surface area contributed by atoms with Gasteiger partial charge in [-0.05, 0) is 38.6 Å². The molecule has 4 nitrogen and oxygen atoms in total. The summed E-state index contributed by atoms with van der Waals surface area (Å²) in [5, 5.41) is 3.24. The maximum absolute atomic E-state index is 11.9. The van der Waals surface area contributed by atoms with E-state index in [1.54, 1.807) is 18.2 Å². The number of anilines is 2. The summed E-state index contributed by atoms with van der Waals surface area (Å²) in [6, 6.07) is 5.38. The normalized spacial score (nSPS) is 11.0. The van der Waals surface area contributed by atoms with Crippen LogP contribution in [0.25, 0.3) is 0 Å². The van der Waals surface area contributed by atoms with E-state index < -0.39 is 0 Å². The van der Waals surface area contributed by atoms with Crippen LogP contribution >= 0.6 is 11.6 Å². The molecular formula is C13H20ClN3O. The number of amides is 1. The van der Waals surface area contributed by atoms with Gasteiger partial charge in [0.05, 0.1) is 17.3 Å². The van der Waals surface area contributed by atoms with Crippen molar-refractivity contribution in [3.05, 3.63) is 23.2 Å². The van der Waals surface area contributed by atoms with Crippen LogP contribution in [0.4, 0.5) is 11.4 Å². The first kappa shape index (κ1) is 14.8. The molecule has 1 aromatic carbocycles. The van der Waals surface area contributed by atoms with Crippen LogP contribution in [0.3, 0.4) is 0 Å². The predicted molar refractivity (Wildman–Crippen MR) is 76.9 cm³/mol. The molecule has 3 N–H and O–H groups in total. The number of likely N-dealkylation sites (N-methyl/N-ethyl adjacent to an activating group) is 1. The number of halogens is 1. The zero-order valence-electron chi connectivity index (χ0n) is 11.0. The third-order valence-electron chi connectivity index (χ3n) is 2.75. The number of nitrogen functional groups attached to an aromatic ring is 1. The summed E-state index contributed by atoms with van der Waals surface area (Å²) in [5.74, 6) is -0.0720. The summed E-state index contributed by atoms with van der Waals surface area (Å²) < 4.78 is 0. The van der Waals surface area contributed by atoms with Gasteiger partial charge in [0.1, 0.15) is 0 Å². The van der Waals surface area contributed by atoms with E-state index in [1.165, 1.54) is 0 Å². The van der Waals surface area contributed by atoms with Gasteiger partial charge in [0.2, 0.25) is 5.91 Å². The van der Waals surface area contributed by atoms with E-state index in [2.05, 4.69) is 24.1 Å². The molecule has 0 heterocycles. The van der Waals surface area contributed by atoms with Crippen molar-refractivity contribution in [2.75, 3.05) is 24.1 Å². The van der Waals surface area contributed by atoms with Crippen LogP contribution < -0.4 is 11.1 Å². The second-order valence-electron chi connectivity index (χ2n) is 4.44. The van der Waals surface area contributed by atoms with Crippen molar-refractivity contribution in [2.45, 2.75) is 26.8 Å². The molecule has 5 heteroatoms. The summed E-state index contributed by atoms with van der Waals surface area (Å²) in [7, 11) is 0. The highest BCUT2D eigenvalue weighted by Crippen LogP contribution is 2.23. The third kappa shape index (κ3) is 4.20. The molecule has 100 valence electrons. The summed E-state index contributed by atoms with van der Waals surface area (Å²) in [4.78, 5) is 14.0. The average molecular weight is 270 g/mol. The third-order valence-corrected chi connectivity index (χ3v) is 3.06. The van der Waals surface area contributed by atoms with E-state index in [0.717, 1.165) is 6.54 Å². The summed E-state index contributed by atoms with van der Waals surface area (Å²) in [5.41, 5.74) is 6.77. The van der Waals surface area contributed by atoms with Crippen molar-refractivity contribution in [1.29, 1.82) is 0 Å². The first-order chi connectivity index (χ1) is 8.43. The lowest BCUT2D eigenvalue weighted by Crippen LogP contribution is -2.37. The van der Waals surface area contributed by atoms with Gasteiger partial charge >= 0.3 is 0 Å². The zero-order valence-corrected chi connectivity index (χ0v) is 11.8. The Morgan fingerprint density at radius 2 is 2.17 bits per heavy atom. The Morgan fingerprint density at radius 1 is 1.50 bits per heavy atom. The molecule has 0 fully saturated rings. The minimum absolute atomic E-state index is 0.0720. The Bertz CT molecular complexity index is 421. The smallest absolute Gasteiger partial charge is 0.238 e. The average Bonchev–Trinajstić information content (AvgIpc) is 2.29. The molecule has 0 radical (unpaired) electrons. The number of hydrogen-bond acceptors (Lipinski definition) is 3. The second-order valence-corrected chi connectivity index (χ2v) is 4.85. The van der Waals surface area contributed by atoms with Gasteiger partial charge in [-0.15, -0.1) is 0 Å². The maximum atomic E-state index is 11.9. The van der Waals surface area contributed by atoms with Gasteiger partial charge in [-0.3, -0.25) is 9.69 Å².